The predicted molar refractivity (Wildman–Crippen MR) is 55.3 cm³/mol. The highest BCUT2D eigenvalue weighted by atomic mass is 15.3. The maximum atomic E-state index is 4.11. The topological polar surface area (TPSA) is 34.0 Å². The number of likely N-dealkylation sites (tertiary alicyclic amines) is 1. The molecular weight excluding hydrogens is 176 g/mol. The van der Waals surface area contributed by atoms with Crippen LogP contribution < -0.4 is 0 Å². The predicted octanol–water partition coefficient (Wildman–Crippen LogP) is 1.16. The molecule has 1 fully saturated rings. The van der Waals surface area contributed by atoms with E-state index in [1.807, 2.05) is 13.8 Å². The van der Waals surface area contributed by atoms with Gasteiger partial charge in [-0.1, -0.05) is 0 Å². The highest BCUT2D eigenvalue weighted by Gasteiger charge is 2.21. The van der Waals surface area contributed by atoms with Gasteiger partial charge in [0.2, 0.25) is 0 Å². The van der Waals surface area contributed by atoms with Gasteiger partial charge in [-0.25, -0.2) is 0 Å². The number of piperidine rings is 1. The molecule has 14 heavy (non-hydrogen) atoms. The van der Waals surface area contributed by atoms with Crippen LogP contribution in [0.15, 0.2) is 0 Å². The van der Waals surface area contributed by atoms with Crippen molar-refractivity contribution in [3.8, 4) is 0 Å². The van der Waals surface area contributed by atoms with E-state index in [2.05, 4.69) is 26.7 Å². The summed E-state index contributed by atoms with van der Waals surface area (Å²) in [6.45, 7) is 6.44. The van der Waals surface area contributed by atoms with Crippen LogP contribution in [0.3, 0.4) is 0 Å². The molecule has 1 saturated heterocycles. The first kappa shape index (κ1) is 9.65. The number of aromatic nitrogens is 3. The van der Waals surface area contributed by atoms with Gasteiger partial charge in [-0.3, -0.25) is 0 Å². The zero-order valence-electron chi connectivity index (χ0n) is 9.19. The van der Waals surface area contributed by atoms with Crippen molar-refractivity contribution in [2.45, 2.75) is 32.7 Å². The van der Waals surface area contributed by atoms with Crippen molar-refractivity contribution in [1.29, 1.82) is 0 Å². The van der Waals surface area contributed by atoms with Crippen LogP contribution in [0.2, 0.25) is 0 Å². The molecule has 0 bridgehead atoms. The van der Waals surface area contributed by atoms with Crippen LogP contribution in [0.25, 0.3) is 0 Å². The minimum Gasteiger partial charge on any atom is -0.312 e. The van der Waals surface area contributed by atoms with Crippen LogP contribution in [0, 0.1) is 13.8 Å². The zero-order chi connectivity index (χ0) is 10.1. The van der Waals surface area contributed by atoms with Gasteiger partial charge >= 0.3 is 0 Å². The van der Waals surface area contributed by atoms with Crippen LogP contribution in [0.1, 0.15) is 30.5 Å². The van der Waals surface area contributed by atoms with Crippen LogP contribution in [-0.2, 0) is 0 Å². The summed E-state index contributed by atoms with van der Waals surface area (Å²) in [6.07, 6.45) is 2.44. The lowest BCUT2D eigenvalue weighted by Crippen LogP contribution is -2.32. The lowest BCUT2D eigenvalue weighted by molar-refractivity contribution is 0.218. The van der Waals surface area contributed by atoms with Crippen LogP contribution in [-0.4, -0.2) is 39.8 Å². The minimum absolute atomic E-state index is 0.612. The number of hydrogen-bond donors (Lipinski definition) is 0. The smallest absolute Gasteiger partial charge is 0.130 e. The normalized spacial score (nSPS) is 20.2. The Labute approximate surface area is 84.9 Å². The average Bonchev–Trinajstić information content (AvgIpc) is 2.49. The van der Waals surface area contributed by atoms with Crippen LogP contribution >= 0.6 is 0 Å². The maximum absolute atomic E-state index is 4.11. The molecule has 0 spiro atoms. The van der Waals surface area contributed by atoms with E-state index in [4.69, 9.17) is 0 Å². The Kier molecular flexibility index (Phi) is 2.54. The van der Waals surface area contributed by atoms with E-state index in [1.54, 1.807) is 0 Å². The molecule has 0 aliphatic carbocycles. The maximum Gasteiger partial charge on any atom is 0.130 e. The number of rotatable bonds is 1. The molecule has 0 amide bonds. The van der Waals surface area contributed by atoms with E-state index in [0.29, 0.717) is 6.04 Å². The standard InChI is InChI=1S/C10H18N4/c1-8-11-12-9(2)14(8)10-4-6-13(3)7-5-10/h10H,4-7H2,1-3H3. The molecule has 1 aliphatic rings. The molecule has 1 aromatic heterocycles. The number of hydrogen-bond acceptors (Lipinski definition) is 3. The zero-order valence-corrected chi connectivity index (χ0v) is 9.19. The molecule has 0 aromatic carbocycles. The molecule has 0 radical (unpaired) electrons. The highest BCUT2D eigenvalue weighted by molar-refractivity contribution is 4.96. The molecule has 2 heterocycles. The Morgan fingerprint density at radius 2 is 1.57 bits per heavy atom. The van der Waals surface area contributed by atoms with E-state index < -0.39 is 0 Å². The molecule has 4 heteroatoms. The lowest BCUT2D eigenvalue weighted by atomic mass is 10.1. The fourth-order valence-electron chi connectivity index (χ4n) is 2.26. The first-order valence-corrected chi connectivity index (χ1v) is 5.25. The third-order valence-electron chi connectivity index (χ3n) is 3.09. The molecule has 78 valence electrons. The quantitative estimate of drug-likeness (QED) is 0.673. The van der Waals surface area contributed by atoms with Gasteiger partial charge in [0.1, 0.15) is 11.6 Å². The molecule has 2 rings (SSSR count). The first-order valence-electron chi connectivity index (χ1n) is 5.25. The van der Waals surface area contributed by atoms with Crippen molar-refractivity contribution in [3.05, 3.63) is 11.6 Å². The summed E-state index contributed by atoms with van der Waals surface area (Å²) in [4.78, 5) is 2.38. The van der Waals surface area contributed by atoms with Crippen LogP contribution in [0.4, 0.5) is 0 Å². The van der Waals surface area contributed by atoms with Gasteiger partial charge in [0.25, 0.3) is 0 Å². The second-order valence-corrected chi connectivity index (χ2v) is 4.20. The van der Waals surface area contributed by atoms with Crippen molar-refractivity contribution in [1.82, 2.24) is 19.7 Å². The van der Waals surface area contributed by atoms with Crippen molar-refractivity contribution in [2.24, 2.45) is 0 Å². The van der Waals surface area contributed by atoms with Crippen LogP contribution in [0.5, 0.6) is 0 Å². The van der Waals surface area contributed by atoms with E-state index in [-0.39, 0.29) is 0 Å². The average molecular weight is 194 g/mol. The monoisotopic (exact) mass is 194 g/mol. The van der Waals surface area contributed by atoms with Gasteiger partial charge in [-0.2, -0.15) is 0 Å². The third kappa shape index (κ3) is 1.66. The van der Waals surface area contributed by atoms with Gasteiger partial charge in [0.15, 0.2) is 0 Å². The summed E-state index contributed by atoms with van der Waals surface area (Å²) in [5.74, 6) is 2.11. The third-order valence-corrected chi connectivity index (χ3v) is 3.09. The van der Waals surface area contributed by atoms with Crippen molar-refractivity contribution >= 4 is 0 Å². The summed E-state index contributed by atoms with van der Waals surface area (Å²) in [5.41, 5.74) is 0. The molecule has 0 atom stereocenters. The fraction of sp³-hybridized carbons (Fsp3) is 0.800. The lowest BCUT2D eigenvalue weighted by Gasteiger charge is -2.30. The fourth-order valence-corrected chi connectivity index (χ4v) is 2.26. The van der Waals surface area contributed by atoms with Gasteiger partial charge in [-0.15, -0.1) is 10.2 Å². The Hall–Kier alpha value is -0.900. The minimum atomic E-state index is 0.612. The summed E-state index contributed by atoms with van der Waals surface area (Å²) >= 11 is 0. The van der Waals surface area contributed by atoms with E-state index in [9.17, 15) is 0 Å². The summed E-state index contributed by atoms with van der Waals surface area (Å²) in [5, 5.41) is 8.22. The second-order valence-electron chi connectivity index (χ2n) is 4.20. The largest absolute Gasteiger partial charge is 0.312 e. The number of aryl methyl sites for hydroxylation is 2. The van der Waals surface area contributed by atoms with E-state index in [0.717, 1.165) is 11.6 Å². The van der Waals surface area contributed by atoms with Crippen molar-refractivity contribution in [2.75, 3.05) is 20.1 Å². The van der Waals surface area contributed by atoms with E-state index >= 15 is 0 Å². The summed E-state index contributed by atoms with van der Waals surface area (Å²) < 4.78 is 2.28. The van der Waals surface area contributed by atoms with Gasteiger partial charge < -0.3 is 9.47 Å². The van der Waals surface area contributed by atoms with Crippen molar-refractivity contribution < 1.29 is 0 Å². The van der Waals surface area contributed by atoms with Gasteiger partial charge in [0, 0.05) is 6.04 Å². The van der Waals surface area contributed by atoms with Gasteiger partial charge in [0.05, 0.1) is 0 Å². The summed E-state index contributed by atoms with van der Waals surface area (Å²) in [6, 6.07) is 0.612. The second kappa shape index (κ2) is 3.69. The Bertz CT molecular complexity index is 290. The Balaban J connectivity index is 2.15. The van der Waals surface area contributed by atoms with Crippen molar-refractivity contribution in [3.63, 3.8) is 0 Å². The molecule has 0 N–H and O–H groups in total. The summed E-state index contributed by atoms with van der Waals surface area (Å²) in [7, 11) is 2.18. The molecule has 1 aromatic rings. The van der Waals surface area contributed by atoms with Gasteiger partial charge in [-0.05, 0) is 46.8 Å². The molecule has 0 saturated carbocycles. The molecule has 4 nitrogen and oxygen atoms in total. The Morgan fingerprint density at radius 3 is 2.07 bits per heavy atom. The number of nitrogens with zero attached hydrogens (tertiary/aromatic N) is 4. The highest BCUT2D eigenvalue weighted by Crippen LogP contribution is 2.23. The molecule has 1 aliphatic heterocycles. The first-order chi connectivity index (χ1) is 6.68. The molecular formula is C10H18N4. The van der Waals surface area contributed by atoms with E-state index in [1.165, 1.54) is 25.9 Å². The molecule has 0 unspecified atom stereocenters. The SMILES string of the molecule is Cc1nnc(C)n1C1CCN(C)CC1. The Morgan fingerprint density at radius 1 is 1.07 bits per heavy atom.